The minimum Gasteiger partial charge on any atom is -0.354 e. The number of hydrogen-bond acceptors (Lipinski definition) is 3. The van der Waals surface area contributed by atoms with Gasteiger partial charge in [0, 0.05) is 40.3 Å². The number of carbonyl (C=O) groups is 2. The van der Waals surface area contributed by atoms with Crippen molar-refractivity contribution in [2.24, 2.45) is 5.92 Å². The lowest BCUT2D eigenvalue weighted by molar-refractivity contribution is -0.141. The van der Waals surface area contributed by atoms with E-state index in [1.165, 1.54) is 0 Å². The summed E-state index contributed by atoms with van der Waals surface area (Å²) in [5.41, 5.74) is 2.01. The molecule has 4 nitrogen and oxygen atoms in total. The van der Waals surface area contributed by atoms with Crippen molar-refractivity contribution in [3.05, 3.63) is 99.5 Å². The quantitative estimate of drug-likeness (QED) is 0.164. The molecule has 0 aliphatic rings. The van der Waals surface area contributed by atoms with Crippen LogP contribution in [0, 0.1) is 5.92 Å². The van der Waals surface area contributed by atoms with E-state index in [0.29, 0.717) is 43.3 Å². The maximum atomic E-state index is 13.7. The van der Waals surface area contributed by atoms with Crippen LogP contribution in [0.2, 0.25) is 5.02 Å². The summed E-state index contributed by atoms with van der Waals surface area (Å²) in [6.07, 6.45) is 1.55. The molecule has 0 spiro atoms. The van der Waals surface area contributed by atoms with Crippen molar-refractivity contribution in [2.45, 2.75) is 50.6 Å². The molecule has 0 aromatic heterocycles. The highest BCUT2D eigenvalue weighted by Crippen LogP contribution is 2.23. The van der Waals surface area contributed by atoms with Gasteiger partial charge in [-0.1, -0.05) is 83.8 Å². The van der Waals surface area contributed by atoms with Gasteiger partial charge in [0.1, 0.15) is 6.04 Å². The summed E-state index contributed by atoms with van der Waals surface area (Å²) in [4.78, 5) is 30.0. The van der Waals surface area contributed by atoms with Gasteiger partial charge in [-0.15, -0.1) is 11.8 Å². The molecule has 37 heavy (non-hydrogen) atoms. The Bertz CT molecular complexity index is 1140. The van der Waals surface area contributed by atoms with Gasteiger partial charge in [-0.2, -0.15) is 0 Å². The summed E-state index contributed by atoms with van der Waals surface area (Å²) in [5, 5.41) is 3.78. The highest BCUT2D eigenvalue weighted by molar-refractivity contribution is 9.10. The molecule has 3 rings (SSSR count). The fourth-order valence-corrected chi connectivity index (χ4v) is 5.32. The fourth-order valence-electron chi connectivity index (χ4n) is 3.90. The molecule has 0 aliphatic heterocycles. The molecule has 1 N–H and O–H groups in total. The number of halogens is 2. The monoisotopic (exact) mass is 600 g/mol. The van der Waals surface area contributed by atoms with E-state index in [9.17, 15) is 9.59 Å². The van der Waals surface area contributed by atoms with Crippen LogP contribution in [-0.4, -0.2) is 35.1 Å². The molecule has 2 amide bonds. The second kappa shape index (κ2) is 15.2. The van der Waals surface area contributed by atoms with Gasteiger partial charge in [0.2, 0.25) is 11.8 Å². The molecule has 196 valence electrons. The van der Waals surface area contributed by atoms with Crippen LogP contribution in [0.1, 0.15) is 37.8 Å². The zero-order chi connectivity index (χ0) is 26.6. The largest absolute Gasteiger partial charge is 0.354 e. The molecular formula is C30H34BrClN2O2S. The van der Waals surface area contributed by atoms with E-state index in [2.05, 4.69) is 35.1 Å². The Morgan fingerprint density at radius 2 is 1.68 bits per heavy atom. The van der Waals surface area contributed by atoms with Crippen molar-refractivity contribution in [2.75, 3.05) is 12.3 Å². The van der Waals surface area contributed by atoms with Crippen LogP contribution >= 0.6 is 39.3 Å². The molecule has 1 atom stereocenters. The Labute approximate surface area is 238 Å². The highest BCUT2D eigenvalue weighted by Gasteiger charge is 2.30. The Morgan fingerprint density at radius 1 is 0.973 bits per heavy atom. The SMILES string of the molecule is CC(C)CNC(=O)[C@H](Cc1ccccc1)N(Cc1cccc(Br)c1)C(=O)CCCSc1ccc(Cl)cc1. The summed E-state index contributed by atoms with van der Waals surface area (Å²) in [5.74, 6) is 0.996. The van der Waals surface area contributed by atoms with Gasteiger partial charge >= 0.3 is 0 Å². The van der Waals surface area contributed by atoms with Crippen LogP contribution in [0.3, 0.4) is 0 Å². The first kappa shape index (κ1) is 29.3. The van der Waals surface area contributed by atoms with E-state index >= 15 is 0 Å². The first-order valence-corrected chi connectivity index (χ1v) is 14.7. The molecule has 7 heteroatoms. The topological polar surface area (TPSA) is 49.4 Å². The Hall–Kier alpha value is -2.28. The minimum absolute atomic E-state index is 0.0164. The summed E-state index contributed by atoms with van der Waals surface area (Å²) < 4.78 is 0.945. The smallest absolute Gasteiger partial charge is 0.243 e. The third-order valence-electron chi connectivity index (χ3n) is 5.81. The average molecular weight is 602 g/mol. The molecule has 3 aromatic carbocycles. The number of nitrogens with zero attached hydrogens (tertiary/aromatic N) is 1. The Balaban J connectivity index is 1.78. The van der Waals surface area contributed by atoms with Crippen LogP contribution in [0.15, 0.2) is 88.2 Å². The van der Waals surface area contributed by atoms with Crippen LogP contribution < -0.4 is 5.32 Å². The standard InChI is InChI=1S/C30H34BrClN2O2S/c1-22(2)20-33-30(36)28(19-23-8-4-3-5-9-23)34(21-24-10-6-11-25(31)18-24)29(35)12-7-17-37-27-15-13-26(32)14-16-27/h3-6,8-11,13-16,18,22,28H,7,12,17,19-21H2,1-2H3,(H,33,36)/t28-/m0/s1. The van der Waals surface area contributed by atoms with Crippen LogP contribution in [0.5, 0.6) is 0 Å². The Morgan fingerprint density at radius 3 is 2.35 bits per heavy atom. The first-order chi connectivity index (χ1) is 17.8. The van der Waals surface area contributed by atoms with Crippen LogP contribution in [-0.2, 0) is 22.6 Å². The number of hydrogen-bond donors (Lipinski definition) is 1. The van der Waals surface area contributed by atoms with E-state index in [4.69, 9.17) is 11.6 Å². The number of thioether (sulfide) groups is 1. The molecule has 0 saturated heterocycles. The molecule has 0 heterocycles. The normalized spacial score (nSPS) is 11.8. The number of nitrogens with one attached hydrogen (secondary N) is 1. The maximum Gasteiger partial charge on any atom is 0.243 e. The second-order valence-electron chi connectivity index (χ2n) is 9.40. The van der Waals surface area contributed by atoms with Gasteiger partial charge < -0.3 is 10.2 Å². The van der Waals surface area contributed by atoms with Crippen molar-refractivity contribution in [1.29, 1.82) is 0 Å². The highest BCUT2D eigenvalue weighted by atomic mass is 79.9. The van der Waals surface area contributed by atoms with Gasteiger partial charge in [0.25, 0.3) is 0 Å². The zero-order valence-electron chi connectivity index (χ0n) is 21.3. The van der Waals surface area contributed by atoms with Crippen LogP contribution in [0.4, 0.5) is 0 Å². The van der Waals surface area contributed by atoms with Crippen molar-refractivity contribution in [1.82, 2.24) is 10.2 Å². The molecule has 3 aromatic rings. The molecule has 0 aliphatic carbocycles. The molecule has 0 bridgehead atoms. The predicted octanol–water partition coefficient (Wildman–Crippen LogP) is 7.39. The molecule has 0 unspecified atom stereocenters. The number of rotatable bonds is 13. The predicted molar refractivity (Wildman–Crippen MR) is 158 cm³/mol. The van der Waals surface area contributed by atoms with Gasteiger partial charge in [0.05, 0.1) is 0 Å². The maximum absolute atomic E-state index is 13.7. The van der Waals surface area contributed by atoms with E-state index in [0.717, 1.165) is 26.2 Å². The number of carbonyl (C=O) groups excluding carboxylic acids is 2. The van der Waals surface area contributed by atoms with Crippen molar-refractivity contribution < 1.29 is 9.59 Å². The number of amides is 2. The third-order valence-corrected chi connectivity index (χ3v) is 7.66. The van der Waals surface area contributed by atoms with E-state index < -0.39 is 6.04 Å². The van der Waals surface area contributed by atoms with Crippen LogP contribution in [0.25, 0.3) is 0 Å². The summed E-state index contributed by atoms with van der Waals surface area (Å²) >= 11 is 11.2. The summed E-state index contributed by atoms with van der Waals surface area (Å²) in [6, 6.07) is 24.9. The molecular weight excluding hydrogens is 568 g/mol. The second-order valence-corrected chi connectivity index (χ2v) is 11.9. The van der Waals surface area contributed by atoms with Gasteiger partial charge in [-0.3, -0.25) is 9.59 Å². The summed E-state index contributed by atoms with van der Waals surface area (Å²) in [7, 11) is 0. The summed E-state index contributed by atoms with van der Waals surface area (Å²) in [6.45, 7) is 5.07. The lowest BCUT2D eigenvalue weighted by Gasteiger charge is -2.32. The van der Waals surface area contributed by atoms with E-state index in [-0.39, 0.29) is 11.8 Å². The van der Waals surface area contributed by atoms with E-state index in [1.54, 1.807) is 16.7 Å². The molecule has 0 radical (unpaired) electrons. The minimum atomic E-state index is -0.600. The molecule has 0 saturated carbocycles. The van der Waals surface area contributed by atoms with Gasteiger partial charge in [-0.05, 0) is 65.6 Å². The fraction of sp³-hybridized carbons (Fsp3) is 0.333. The van der Waals surface area contributed by atoms with Crippen molar-refractivity contribution >= 4 is 51.1 Å². The lowest BCUT2D eigenvalue weighted by Crippen LogP contribution is -2.51. The Kier molecular flexibility index (Phi) is 12.0. The first-order valence-electron chi connectivity index (χ1n) is 12.6. The average Bonchev–Trinajstić information content (AvgIpc) is 2.88. The van der Waals surface area contributed by atoms with Gasteiger partial charge in [-0.25, -0.2) is 0 Å². The zero-order valence-corrected chi connectivity index (χ0v) is 24.5. The molecule has 0 fully saturated rings. The number of benzene rings is 3. The lowest BCUT2D eigenvalue weighted by atomic mass is 10.0. The van der Waals surface area contributed by atoms with Crippen molar-refractivity contribution in [3.63, 3.8) is 0 Å². The van der Waals surface area contributed by atoms with Gasteiger partial charge in [0.15, 0.2) is 0 Å². The van der Waals surface area contributed by atoms with Crippen molar-refractivity contribution in [3.8, 4) is 0 Å². The van der Waals surface area contributed by atoms with E-state index in [1.807, 2.05) is 78.9 Å². The third kappa shape index (κ3) is 10.2.